The zero-order valence-electron chi connectivity index (χ0n) is 9.31. The normalized spacial score (nSPS) is 11.0. The molecule has 0 aliphatic carbocycles. The fourth-order valence-corrected chi connectivity index (χ4v) is 1.63. The van der Waals surface area contributed by atoms with Crippen LogP contribution in [0.15, 0.2) is 30.6 Å². The Labute approximate surface area is 93.7 Å². The van der Waals surface area contributed by atoms with E-state index < -0.39 is 5.82 Å². The predicted molar refractivity (Wildman–Crippen MR) is 62.0 cm³/mol. The van der Waals surface area contributed by atoms with Crippen LogP contribution in [-0.2, 0) is 0 Å². The van der Waals surface area contributed by atoms with E-state index in [9.17, 15) is 4.39 Å². The second-order valence-electron chi connectivity index (χ2n) is 4.02. The molecule has 2 rings (SSSR count). The van der Waals surface area contributed by atoms with Gasteiger partial charge >= 0.3 is 0 Å². The van der Waals surface area contributed by atoms with Crippen molar-refractivity contribution < 1.29 is 4.39 Å². The number of halogens is 1. The van der Waals surface area contributed by atoms with E-state index in [2.05, 4.69) is 4.98 Å². The molecular formula is C12H14FN3. The van der Waals surface area contributed by atoms with E-state index in [-0.39, 0.29) is 11.6 Å². The van der Waals surface area contributed by atoms with Crippen molar-refractivity contribution in [2.45, 2.75) is 19.8 Å². The van der Waals surface area contributed by atoms with Crippen LogP contribution < -0.4 is 5.73 Å². The number of hydrogen-bond donors (Lipinski definition) is 1. The van der Waals surface area contributed by atoms with Gasteiger partial charge in [0.05, 0.1) is 5.69 Å². The average Bonchev–Trinajstić information content (AvgIpc) is 2.71. The highest BCUT2D eigenvalue weighted by atomic mass is 19.1. The van der Waals surface area contributed by atoms with Crippen LogP contribution in [0.3, 0.4) is 0 Å². The molecule has 0 bridgehead atoms. The Morgan fingerprint density at radius 3 is 2.75 bits per heavy atom. The summed E-state index contributed by atoms with van der Waals surface area (Å²) in [6, 6.07) is 4.77. The predicted octanol–water partition coefficient (Wildman–Crippen LogP) is 2.72. The number of nitrogen functional groups attached to an aromatic ring is 1. The van der Waals surface area contributed by atoms with E-state index in [1.807, 2.05) is 24.6 Å². The minimum atomic E-state index is -0.402. The average molecular weight is 219 g/mol. The summed E-state index contributed by atoms with van der Waals surface area (Å²) in [6.45, 7) is 4.10. The van der Waals surface area contributed by atoms with Gasteiger partial charge in [-0.15, -0.1) is 0 Å². The van der Waals surface area contributed by atoms with Crippen LogP contribution in [-0.4, -0.2) is 9.55 Å². The highest BCUT2D eigenvalue weighted by molar-refractivity contribution is 5.47. The van der Waals surface area contributed by atoms with Crippen molar-refractivity contribution in [3.05, 3.63) is 42.2 Å². The zero-order valence-corrected chi connectivity index (χ0v) is 9.31. The number of rotatable bonds is 2. The van der Waals surface area contributed by atoms with Gasteiger partial charge in [-0.2, -0.15) is 0 Å². The van der Waals surface area contributed by atoms with Gasteiger partial charge in [-0.05, 0) is 12.1 Å². The molecule has 1 heterocycles. The van der Waals surface area contributed by atoms with Gasteiger partial charge in [0.1, 0.15) is 11.6 Å². The zero-order chi connectivity index (χ0) is 11.7. The van der Waals surface area contributed by atoms with Crippen molar-refractivity contribution in [1.82, 2.24) is 9.55 Å². The van der Waals surface area contributed by atoms with Crippen LogP contribution >= 0.6 is 0 Å². The lowest BCUT2D eigenvalue weighted by atomic mass is 10.2. The van der Waals surface area contributed by atoms with Crippen LogP contribution in [0.5, 0.6) is 0 Å². The molecule has 0 aliphatic rings. The smallest absolute Gasteiger partial charge is 0.148 e. The fourth-order valence-electron chi connectivity index (χ4n) is 1.63. The molecule has 84 valence electrons. The first-order valence-electron chi connectivity index (χ1n) is 5.18. The lowest BCUT2D eigenvalue weighted by Crippen LogP contribution is -2.03. The Hall–Kier alpha value is -1.84. The summed E-state index contributed by atoms with van der Waals surface area (Å²) in [5.41, 5.74) is 6.35. The Bertz CT molecular complexity index is 503. The van der Waals surface area contributed by atoms with Crippen molar-refractivity contribution >= 4 is 5.69 Å². The van der Waals surface area contributed by atoms with E-state index in [4.69, 9.17) is 5.73 Å². The van der Waals surface area contributed by atoms with Crippen molar-refractivity contribution in [3.63, 3.8) is 0 Å². The minimum Gasteiger partial charge on any atom is -0.396 e. The molecule has 0 saturated heterocycles. The third-order valence-electron chi connectivity index (χ3n) is 2.45. The molecule has 4 heteroatoms. The molecule has 16 heavy (non-hydrogen) atoms. The largest absolute Gasteiger partial charge is 0.396 e. The lowest BCUT2D eigenvalue weighted by molar-refractivity contribution is 0.630. The summed E-state index contributed by atoms with van der Waals surface area (Å²) in [5, 5.41) is 0. The molecule has 1 aromatic carbocycles. The first-order valence-corrected chi connectivity index (χ1v) is 5.18. The number of aromatic nitrogens is 2. The molecule has 3 nitrogen and oxygen atoms in total. The van der Waals surface area contributed by atoms with E-state index in [1.54, 1.807) is 18.3 Å². The van der Waals surface area contributed by atoms with E-state index in [0.29, 0.717) is 0 Å². The van der Waals surface area contributed by atoms with Gasteiger partial charge in [0.2, 0.25) is 0 Å². The summed E-state index contributed by atoms with van der Waals surface area (Å²) in [6.07, 6.45) is 3.53. The highest BCUT2D eigenvalue weighted by Crippen LogP contribution is 2.20. The highest BCUT2D eigenvalue weighted by Gasteiger charge is 2.09. The van der Waals surface area contributed by atoms with Gasteiger partial charge in [-0.1, -0.05) is 13.8 Å². The molecular weight excluding hydrogens is 205 g/mol. The fraction of sp³-hybridized carbons (Fsp3) is 0.250. The summed E-state index contributed by atoms with van der Waals surface area (Å²) in [5.74, 6) is 0.792. The maximum Gasteiger partial charge on any atom is 0.148 e. The Morgan fingerprint density at radius 1 is 1.38 bits per heavy atom. The van der Waals surface area contributed by atoms with Gasteiger partial charge in [0.25, 0.3) is 0 Å². The van der Waals surface area contributed by atoms with Crippen molar-refractivity contribution in [2.24, 2.45) is 0 Å². The Kier molecular flexibility index (Phi) is 2.64. The van der Waals surface area contributed by atoms with E-state index in [1.165, 1.54) is 6.07 Å². The van der Waals surface area contributed by atoms with Crippen molar-refractivity contribution in [1.29, 1.82) is 0 Å². The van der Waals surface area contributed by atoms with Gasteiger partial charge in [0, 0.05) is 30.1 Å². The van der Waals surface area contributed by atoms with Gasteiger partial charge in [-0.25, -0.2) is 9.37 Å². The van der Waals surface area contributed by atoms with E-state index in [0.717, 1.165) is 11.5 Å². The number of benzene rings is 1. The van der Waals surface area contributed by atoms with Gasteiger partial charge in [0.15, 0.2) is 0 Å². The van der Waals surface area contributed by atoms with Crippen molar-refractivity contribution in [2.75, 3.05) is 5.73 Å². The monoisotopic (exact) mass is 219 g/mol. The summed E-state index contributed by atoms with van der Waals surface area (Å²) >= 11 is 0. The lowest BCUT2D eigenvalue weighted by Gasteiger charge is -2.10. The maximum atomic E-state index is 13.3. The number of nitrogens with zero attached hydrogens (tertiary/aromatic N) is 2. The molecule has 2 N–H and O–H groups in total. The standard InChI is InChI=1S/C12H14FN3/c1-8(2)12-15-5-6-16(12)9-3-4-11(14)10(13)7-9/h3-8H,14H2,1-2H3. The van der Waals surface area contributed by atoms with Gasteiger partial charge in [-0.3, -0.25) is 0 Å². The van der Waals surface area contributed by atoms with Gasteiger partial charge < -0.3 is 10.3 Å². The molecule has 0 aliphatic heterocycles. The summed E-state index contributed by atoms with van der Waals surface area (Å²) in [4.78, 5) is 4.25. The quantitative estimate of drug-likeness (QED) is 0.789. The van der Waals surface area contributed by atoms with Crippen LogP contribution in [0.25, 0.3) is 5.69 Å². The minimum absolute atomic E-state index is 0.162. The second-order valence-corrected chi connectivity index (χ2v) is 4.02. The molecule has 2 aromatic rings. The Morgan fingerprint density at radius 2 is 2.12 bits per heavy atom. The first-order chi connectivity index (χ1) is 7.59. The molecule has 0 radical (unpaired) electrons. The Balaban J connectivity index is 2.50. The summed E-state index contributed by atoms with van der Waals surface area (Å²) in [7, 11) is 0. The molecule has 0 unspecified atom stereocenters. The second kappa shape index (κ2) is 3.96. The molecule has 0 amide bonds. The SMILES string of the molecule is CC(C)c1nccn1-c1ccc(N)c(F)c1. The first kappa shape index (κ1) is 10.7. The molecule has 1 aromatic heterocycles. The van der Waals surface area contributed by atoms with Crippen LogP contribution in [0.2, 0.25) is 0 Å². The van der Waals surface area contributed by atoms with Crippen LogP contribution in [0, 0.1) is 5.82 Å². The molecule has 0 atom stereocenters. The third kappa shape index (κ3) is 1.78. The number of anilines is 1. The van der Waals surface area contributed by atoms with Crippen LogP contribution in [0.1, 0.15) is 25.6 Å². The van der Waals surface area contributed by atoms with Crippen molar-refractivity contribution in [3.8, 4) is 5.69 Å². The number of imidazole rings is 1. The number of hydrogen-bond acceptors (Lipinski definition) is 2. The van der Waals surface area contributed by atoms with E-state index >= 15 is 0 Å². The summed E-state index contributed by atoms with van der Waals surface area (Å²) < 4.78 is 15.2. The molecule has 0 fully saturated rings. The van der Waals surface area contributed by atoms with Crippen LogP contribution in [0.4, 0.5) is 10.1 Å². The topological polar surface area (TPSA) is 43.8 Å². The third-order valence-corrected chi connectivity index (χ3v) is 2.45. The molecule has 0 spiro atoms. The molecule has 0 saturated carbocycles. The maximum absolute atomic E-state index is 13.3. The number of nitrogens with two attached hydrogens (primary N) is 1.